The summed E-state index contributed by atoms with van der Waals surface area (Å²) in [6.07, 6.45) is 38.6. The Hall–Kier alpha value is 0.240. The molecule has 6 saturated carbocycles. The average molecular weight is 1850 g/mol. The first-order valence-corrected chi connectivity index (χ1v) is 40.1. The zero-order valence-corrected chi connectivity index (χ0v) is 57.5. The molecule has 0 bridgehead atoms. The van der Waals surface area contributed by atoms with Crippen LogP contribution in [0.2, 0.25) is 0 Å². The number of esters is 1. The molecule has 0 aromatic heterocycles. The molecule has 6 aliphatic carbocycles. The maximum Gasteiger partial charge on any atom is 0 e. The summed E-state index contributed by atoms with van der Waals surface area (Å²) in [7, 11) is 0. The molecule has 328 valence electrons. The number of ether oxygens (including phenoxy) is 1. The molecule has 6 rings (SSSR count). The van der Waals surface area contributed by atoms with Crippen LogP contribution in [0.25, 0.3) is 0 Å². The van der Waals surface area contributed by atoms with Crippen molar-refractivity contribution in [3.63, 3.8) is 0 Å². The van der Waals surface area contributed by atoms with Gasteiger partial charge < -0.3 is 17.6 Å². The van der Waals surface area contributed by atoms with Gasteiger partial charge in [0.25, 0.3) is 0 Å². The SMILES string of the molecule is C.C.CC1CCC(C#CC2CCC(CCC3CC[CH-]CC3)CC2)CC1.CC1CCC(OC(=O)C2CCC(C#CC3CC[CH-]CC3)CC2)CC1.II.I[I-]I.[HH].[HH].[HH].[HH].[Rf].[Rf]. The predicted octanol–water partition coefficient (Wildman–Crippen LogP) is 14.9. The molecule has 56 heavy (non-hydrogen) atoms. The first kappa shape index (κ1) is 58.3. The normalized spacial score (nSPS) is 30.3. The molecule has 9 heteroatoms. The van der Waals surface area contributed by atoms with E-state index in [1.165, 1.54) is 128 Å². The van der Waals surface area contributed by atoms with E-state index < -0.39 is 0 Å². The van der Waals surface area contributed by atoms with Crippen LogP contribution in [0.3, 0.4) is 0 Å². The van der Waals surface area contributed by atoms with Gasteiger partial charge in [-0.3, -0.25) is 4.79 Å². The van der Waals surface area contributed by atoms with Gasteiger partial charge in [-0.05, 0) is 126 Å². The molecule has 0 unspecified atom stereocenters. The van der Waals surface area contributed by atoms with Gasteiger partial charge in [0.2, 0.25) is 0 Å². The Kier molecular flexibility index (Phi) is 37.4. The fraction of sp³-hybridized carbons (Fsp3) is 0.851. The second kappa shape index (κ2) is 35.9. The van der Waals surface area contributed by atoms with E-state index in [-0.39, 0.29) is 38.6 Å². The third-order valence-corrected chi connectivity index (χ3v) is 13.1. The molecule has 0 aliphatic heterocycles. The van der Waals surface area contributed by atoms with Crippen molar-refractivity contribution in [3.05, 3.63) is 12.8 Å². The van der Waals surface area contributed by atoms with Gasteiger partial charge >= 0.3 is 56.5 Å². The third-order valence-electron chi connectivity index (χ3n) is 13.1. The largest absolute Gasteiger partial charge is 0 e. The number of rotatable bonds is 5. The van der Waals surface area contributed by atoms with Gasteiger partial charge in [0.05, 0.1) is 5.92 Å². The Labute approximate surface area is 395 Å². The number of halogens is 5. The Balaban J connectivity index is -0.000000196. The van der Waals surface area contributed by atoms with Crippen LogP contribution in [0.4, 0.5) is 0 Å². The van der Waals surface area contributed by atoms with E-state index in [9.17, 15) is 4.79 Å². The van der Waals surface area contributed by atoms with Crippen LogP contribution in [0, 0.1) is 89.8 Å². The smallest absolute Gasteiger partial charge is 0 e. The minimum Gasteiger partial charge on any atom is 0 e. The molecule has 2 nitrogen and oxygen atoms in total. The minimum atomic E-state index is 0. The summed E-state index contributed by atoms with van der Waals surface area (Å²) in [5.74, 6) is 21.0. The van der Waals surface area contributed by atoms with Gasteiger partial charge in [-0.15, -0.1) is 0 Å². The van der Waals surface area contributed by atoms with E-state index in [1.54, 1.807) is 0 Å². The predicted molar refractivity (Wildman–Crippen MR) is 275 cm³/mol. The van der Waals surface area contributed by atoms with Crippen LogP contribution in [-0.4, -0.2) is 12.1 Å². The molecular formula is C47H86I5O2Rf2-3. The van der Waals surface area contributed by atoms with Gasteiger partial charge in [0.1, 0.15) is 6.10 Å². The fourth-order valence-corrected chi connectivity index (χ4v) is 9.38. The Morgan fingerprint density at radius 2 is 0.875 bits per heavy atom. The van der Waals surface area contributed by atoms with Crippen molar-refractivity contribution in [2.45, 2.75) is 202 Å². The minimum absolute atomic E-state index is 0. The number of hydrogen-bond donors (Lipinski definition) is 0. The van der Waals surface area contributed by atoms with Gasteiger partial charge in [-0.1, -0.05) is 90.9 Å². The summed E-state index contributed by atoms with van der Waals surface area (Å²) in [6, 6.07) is 0. The summed E-state index contributed by atoms with van der Waals surface area (Å²) in [6.45, 7) is 4.70. The van der Waals surface area contributed by atoms with Crippen LogP contribution < -0.4 is 13.3 Å². The van der Waals surface area contributed by atoms with Crippen molar-refractivity contribution in [3.8, 4) is 23.7 Å². The Bertz CT molecular complexity index is 1070. The zero-order valence-electron chi connectivity index (χ0n) is 33.9. The zero-order chi connectivity index (χ0) is 37.4. The number of carbonyl (C=O) groups excluding carboxylic acids is 1. The van der Waals surface area contributed by atoms with Crippen molar-refractivity contribution in [1.82, 2.24) is 0 Å². The van der Waals surface area contributed by atoms with Crippen LogP contribution >= 0.6 is 74.5 Å². The molecule has 0 heterocycles. The van der Waals surface area contributed by atoms with E-state index in [4.69, 9.17) is 4.74 Å². The van der Waals surface area contributed by atoms with Crippen molar-refractivity contribution in [2.75, 3.05) is 0 Å². The quantitative estimate of drug-likeness (QED) is 0.119. The van der Waals surface area contributed by atoms with E-state index in [1.807, 2.05) is 0 Å². The third kappa shape index (κ3) is 24.5. The van der Waals surface area contributed by atoms with Gasteiger partial charge in [-0.2, -0.15) is 25.7 Å². The standard InChI is InChI=1S/C23H37.C22H33O2.2CH4.I3.I2.2Rf.4H2/c1-19-7-9-21(10-8-19)13-14-23-17-15-22(16-18-23)12-11-20-5-3-2-4-6-20;1-17-7-15-21(16-8-17)24-22(23)20-13-11-19(12-14-20)10-9-18-5-3-2-4-6-18;;;1-3-2;1-2;;;;;;/h2,19-23H,3-12,15-18H2,1H3;2,17-21H,3-8,11-16H2,1H3;2*1H4;;;;;4*1H/q2*-1;;;-1;;;;;;;. The average Bonchev–Trinajstić information content (AvgIpc) is 3.20. The molecule has 0 radical (unpaired) electrons. The van der Waals surface area contributed by atoms with Crippen molar-refractivity contribution >= 4 is 80.4 Å². The molecule has 0 aromatic rings. The molecule has 6 aliphatic rings. The van der Waals surface area contributed by atoms with E-state index in [0.717, 1.165) is 74.0 Å². The summed E-state index contributed by atoms with van der Waals surface area (Å²) in [5, 5.41) is 0. The summed E-state index contributed by atoms with van der Waals surface area (Å²) in [4.78, 5) is 12.4. The maximum absolute atomic E-state index is 12.4. The van der Waals surface area contributed by atoms with Gasteiger partial charge in [-0.25, -0.2) is 0 Å². The Morgan fingerprint density at radius 1 is 0.554 bits per heavy atom. The molecule has 6 fully saturated rings. The van der Waals surface area contributed by atoms with Gasteiger partial charge in [0, 0.05) is 66.6 Å². The van der Waals surface area contributed by atoms with Crippen LogP contribution in [0.5, 0.6) is 0 Å². The molecule has 0 amide bonds. The first-order valence-electron chi connectivity index (χ1n) is 21.3. The Morgan fingerprint density at radius 3 is 1.30 bits per heavy atom. The number of carbonyl (C=O) groups is 1. The van der Waals surface area contributed by atoms with Crippen molar-refractivity contribution in [2.24, 2.45) is 53.3 Å². The fourth-order valence-electron chi connectivity index (χ4n) is 9.38. The van der Waals surface area contributed by atoms with E-state index >= 15 is 0 Å². The monoisotopic (exact) mass is 1850 g/mol. The molecular weight excluding hydrogens is 1770 g/mol. The molecule has 0 saturated heterocycles. The summed E-state index contributed by atoms with van der Waals surface area (Å²) < 4.78 is 5.79. The van der Waals surface area contributed by atoms with E-state index in [2.05, 4.69) is 125 Å². The molecule has 0 spiro atoms. The first-order chi connectivity index (χ1) is 25.4. The molecule has 0 atom stereocenters. The number of hydrogen-bond acceptors (Lipinski definition) is 2. The second-order valence-electron chi connectivity index (χ2n) is 17.2. The van der Waals surface area contributed by atoms with Crippen LogP contribution in [-0.2, 0) is 9.53 Å². The molecule has 0 aromatic carbocycles. The maximum atomic E-state index is 12.4. The van der Waals surface area contributed by atoms with E-state index in [0.29, 0.717) is 25.1 Å². The van der Waals surface area contributed by atoms with Crippen LogP contribution in [0.1, 0.15) is 201 Å². The summed E-state index contributed by atoms with van der Waals surface area (Å²) >= 11 is 9.54. The van der Waals surface area contributed by atoms with Gasteiger partial charge in [0.15, 0.2) is 0 Å². The van der Waals surface area contributed by atoms with Crippen molar-refractivity contribution in [1.29, 1.82) is 0 Å². The second-order valence-corrected chi connectivity index (χ2v) is 33.4. The summed E-state index contributed by atoms with van der Waals surface area (Å²) in [5.41, 5.74) is 0. The molecule has 0 N–H and O–H groups in total. The topological polar surface area (TPSA) is 26.3 Å². The van der Waals surface area contributed by atoms with Crippen LogP contribution in [0.15, 0.2) is 0 Å². The van der Waals surface area contributed by atoms with Crippen molar-refractivity contribution < 1.29 is 28.5 Å².